The maximum Gasteiger partial charge on any atom is 0.0104 e. The Morgan fingerprint density at radius 1 is 1.11 bits per heavy atom. The molecular formula is C16H34N2. The summed E-state index contributed by atoms with van der Waals surface area (Å²) in [6.45, 7) is 12.8. The molecule has 18 heavy (non-hydrogen) atoms. The maximum absolute atomic E-state index is 3.51. The summed E-state index contributed by atoms with van der Waals surface area (Å²) in [7, 11) is 2.29. The Morgan fingerprint density at radius 2 is 1.72 bits per heavy atom. The van der Waals surface area contributed by atoms with Gasteiger partial charge in [-0.3, -0.25) is 0 Å². The van der Waals surface area contributed by atoms with Gasteiger partial charge in [-0.25, -0.2) is 0 Å². The summed E-state index contributed by atoms with van der Waals surface area (Å²) in [6, 6.07) is 0.606. The molecule has 1 aliphatic rings. The molecule has 0 radical (unpaired) electrons. The summed E-state index contributed by atoms with van der Waals surface area (Å²) in [5.41, 5.74) is 0.626. The minimum absolute atomic E-state index is 0.606. The predicted octanol–water partition coefficient (Wildman–Crippen LogP) is 3.52. The van der Waals surface area contributed by atoms with Crippen molar-refractivity contribution in [3.8, 4) is 0 Å². The minimum atomic E-state index is 0.606. The fourth-order valence-corrected chi connectivity index (χ4v) is 3.61. The van der Waals surface area contributed by atoms with Gasteiger partial charge in [0, 0.05) is 25.7 Å². The van der Waals surface area contributed by atoms with Crippen LogP contribution in [-0.2, 0) is 0 Å². The van der Waals surface area contributed by atoms with E-state index in [2.05, 4.69) is 45.0 Å². The number of likely N-dealkylation sites (N-methyl/N-ethyl adjacent to an activating group) is 1. The van der Waals surface area contributed by atoms with Crippen LogP contribution in [0.4, 0.5) is 0 Å². The standard InChI is InChI=1S/C16H34N2/c1-14(2)12-16(8-6-7-9-16)13-18(5)11-10-17-15(3)4/h14-15,17H,6-13H2,1-5H3. The molecule has 1 rings (SSSR count). The summed E-state index contributed by atoms with van der Waals surface area (Å²) in [5, 5.41) is 3.51. The average molecular weight is 254 g/mol. The van der Waals surface area contributed by atoms with Crippen molar-refractivity contribution >= 4 is 0 Å². The van der Waals surface area contributed by atoms with E-state index in [4.69, 9.17) is 0 Å². The van der Waals surface area contributed by atoms with E-state index in [0.29, 0.717) is 11.5 Å². The summed E-state index contributed by atoms with van der Waals surface area (Å²) < 4.78 is 0. The van der Waals surface area contributed by atoms with Gasteiger partial charge in [0.2, 0.25) is 0 Å². The summed E-state index contributed by atoms with van der Waals surface area (Å²) in [5.74, 6) is 0.838. The summed E-state index contributed by atoms with van der Waals surface area (Å²) in [6.07, 6.45) is 7.21. The van der Waals surface area contributed by atoms with Crippen molar-refractivity contribution in [3.63, 3.8) is 0 Å². The lowest BCUT2D eigenvalue weighted by Crippen LogP contribution is -2.39. The molecule has 0 heterocycles. The second-order valence-corrected chi connectivity index (χ2v) is 7.15. The highest BCUT2D eigenvalue weighted by Crippen LogP contribution is 2.43. The van der Waals surface area contributed by atoms with Crippen LogP contribution in [0.5, 0.6) is 0 Å². The quantitative estimate of drug-likeness (QED) is 0.713. The minimum Gasteiger partial charge on any atom is -0.313 e. The molecule has 0 amide bonds. The highest BCUT2D eigenvalue weighted by atomic mass is 15.1. The van der Waals surface area contributed by atoms with Crippen molar-refractivity contribution < 1.29 is 0 Å². The van der Waals surface area contributed by atoms with Crippen LogP contribution < -0.4 is 5.32 Å². The zero-order valence-electron chi connectivity index (χ0n) is 13.3. The molecule has 1 saturated carbocycles. The van der Waals surface area contributed by atoms with Gasteiger partial charge in [-0.1, -0.05) is 40.5 Å². The average Bonchev–Trinajstić information content (AvgIpc) is 2.64. The zero-order valence-corrected chi connectivity index (χ0v) is 13.3. The number of nitrogens with one attached hydrogen (secondary N) is 1. The Bertz CT molecular complexity index is 217. The van der Waals surface area contributed by atoms with Crippen molar-refractivity contribution in [2.24, 2.45) is 11.3 Å². The molecule has 1 N–H and O–H groups in total. The molecule has 1 fully saturated rings. The monoisotopic (exact) mass is 254 g/mol. The van der Waals surface area contributed by atoms with Gasteiger partial charge < -0.3 is 10.2 Å². The van der Waals surface area contributed by atoms with Gasteiger partial charge in [0.15, 0.2) is 0 Å². The lowest BCUT2D eigenvalue weighted by Gasteiger charge is -2.35. The van der Waals surface area contributed by atoms with Gasteiger partial charge in [-0.2, -0.15) is 0 Å². The molecular weight excluding hydrogens is 220 g/mol. The van der Waals surface area contributed by atoms with Crippen molar-refractivity contribution in [1.82, 2.24) is 10.2 Å². The fraction of sp³-hybridized carbons (Fsp3) is 1.00. The van der Waals surface area contributed by atoms with Crippen LogP contribution >= 0.6 is 0 Å². The van der Waals surface area contributed by atoms with Gasteiger partial charge in [-0.05, 0) is 37.6 Å². The third-order valence-electron chi connectivity index (χ3n) is 4.16. The number of hydrogen-bond donors (Lipinski definition) is 1. The third-order valence-corrected chi connectivity index (χ3v) is 4.16. The predicted molar refractivity (Wildman–Crippen MR) is 81.0 cm³/mol. The smallest absolute Gasteiger partial charge is 0.0104 e. The van der Waals surface area contributed by atoms with E-state index < -0.39 is 0 Å². The van der Waals surface area contributed by atoms with Crippen molar-refractivity contribution in [2.45, 2.75) is 65.8 Å². The van der Waals surface area contributed by atoms with E-state index in [1.807, 2.05) is 0 Å². The van der Waals surface area contributed by atoms with Gasteiger partial charge in [0.05, 0.1) is 0 Å². The molecule has 2 nitrogen and oxygen atoms in total. The first kappa shape index (κ1) is 16.0. The van der Waals surface area contributed by atoms with Crippen LogP contribution in [0, 0.1) is 11.3 Å². The Balaban J connectivity index is 2.36. The molecule has 0 bridgehead atoms. The first-order valence-corrected chi connectivity index (χ1v) is 7.85. The molecule has 2 heteroatoms. The Morgan fingerprint density at radius 3 is 2.22 bits per heavy atom. The van der Waals surface area contributed by atoms with Crippen LogP contribution in [-0.4, -0.2) is 37.6 Å². The maximum atomic E-state index is 3.51. The number of hydrogen-bond acceptors (Lipinski definition) is 2. The Kier molecular flexibility index (Phi) is 6.65. The molecule has 108 valence electrons. The molecule has 0 saturated heterocycles. The topological polar surface area (TPSA) is 15.3 Å². The lowest BCUT2D eigenvalue weighted by molar-refractivity contribution is 0.148. The first-order valence-electron chi connectivity index (χ1n) is 7.85. The van der Waals surface area contributed by atoms with Crippen LogP contribution in [0.25, 0.3) is 0 Å². The molecule has 0 aromatic rings. The van der Waals surface area contributed by atoms with E-state index in [1.165, 1.54) is 45.2 Å². The molecule has 0 spiro atoms. The molecule has 0 atom stereocenters. The van der Waals surface area contributed by atoms with Crippen LogP contribution in [0.1, 0.15) is 59.8 Å². The van der Waals surface area contributed by atoms with Gasteiger partial charge in [-0.15, -0.1) is 0 Å². The highest BCUT2D eigenvalue weighted by Gasteiger charge is 2.35. The van der Waals surface area contributed by atoms with Crippen molar-refractivity contribution in [2.75, 3.05) is 26.7 Å². The molecule has 0 unspecified atom stereocenters. The normalized spacial score (nSPS) is 19.3. The summed E-state index contributed by atoms with van der Waals surface area (Å²) >= 11 is 0. The van der Waals surface area contributed by atoms with E-state index in [-0.39, 0.29) is 0 Å². The second kappa shape index (κ2) is 7.49. The highest BCUT2D eigenvalue weighted by molar-refractivity contribution is 4.88. The van der Waals surface area contributed by atoms with E-state index in [0.717, 1.165) is 12.5 Å². The van der Waals surface area contributed by atoms with E-state index in [1.54, 1.807) is 0 Å². The molecule has 1 aliphatic carbocycles. The van der Waals surface area contributed by atoms with E-state index >= 15 is 0 Å². The Labute approximate surface area is 115 Å². The first-order chi connectivity index (χ1) is 8.43. The van der Waals surface area contributed by atoms with Crippen LogP contribution in [0.3, 0.4) is 0 Å². The molecule has 0 aromatic carbocycles. The van der Waals surface area contributed by atoms with Crippen molar-refractivity contribution in [3.05, 3.63) is 0 Å². The third kappa shape index (κ3) is 5.71. The van der Waals surface area contributed by atoms with Crippen molar-refractivity contribution in [1.29, 1.82) is 0 Å². The van der Waals surface area contributed by atoms with E-state index in [9.17, 15) is 0 Å². The van der Waals surface area contributed by atoms with Gasteiger partial charge in [0.25, 0.3) is 0 Å². The molecule has 0 aliphatic heterocycles. The Hall–Kier alpha value is -0.0800. The SMILES string of the molecule is CC(C)CC1(CN(C)CCNC(C)C)CCCC1. The number of rotatable bonds is 8. The van der Waals surface area contributed by atoms with Crippen LogP contribution in [0.15, 0.2) is 0 Å². The largest absolute Gasteiger partial charge is 0.313 e. The second-order valence-electron chi connectivity index (χ2n) is 7.15. The lowest BCUT2D eigenvalue weighted by atomic mass is 9.78. The summed E-state index contributed by atoms with van der Waals surface area (Å²) in [4.78, 5) is 2.54. The molecule has 0 aromatic heterocycles. The van der Waals surface area contributed by atoms with Gasteiger partial charge >= 0.3 is 0 Å². The number of nitrogens with zero attached hydrogens (tertiary/aromatic N) is 1. The fourth-order valence-electron chi connectivity index (χ4n) is 3.61. The van der Waals surface area contributed by atoms with Gasteiger partial charge in [0.1, 0.15) is 0 Å². The van der Waals surface area contributed by atoms with Crippen LogP contribution in [0.2, 0.25) is 0 Å². The zero-order chi connectivity index (χ0) is 13.6.